The molecular weight excluding hydrogens is 266 g/mol. The molecule has 0 amide bonds. The monoisotopic (exact) mass is 293 g/mol. The van der Waals surface area contributed by atoms with E-state index in [1.54, 1.807) is 5.56 Å². The van der Waals surface area contributed by atoms with Gasteiger partial charge in [0.2, 0.25) is 0 Å². The third-order valence-corrected chi connectivity index (χ3v) is 11.0. The van der Waals surface area contributed by atoms with Crippen molar-refractivity contribution in [3.8, 4) is 0 Å². The Morgan fingerprint density at radius 2 is 1.89 bits per heavy atom. The Hall–Kier alpha value is -0.413. The molecule has 0 radical (unpaired) electrons. The number of benzene rings is 1. The standard InChI is InChI=1S/C16H27NSSi/c1-12(2)15-11-16(18-3,19(4,5)6)13-9-7-8-10-14(13)17-15/h7-10,12,15,17H,11H2,1-6H3/t15-,16+/m0/s1. The van der Waals surface area contributed by atoms with Gasteiger partial charge in [-0.1, -0.05) is 51.7 Å². The van der Waals surface area contributed by atoms with Gasteiger partial charge in [-0.05, 0) is 30.2 Å². The molecule has 1 aliphatic rings. The number of nitrogens with one attached hydrogen (secondary N) is 1. The summed E-state index contributed by atoms with van der Waals surface area (Å²) >= 11 is 2.09. The zero-order valence-corrected chi connectivity index (χ0v) is 14.9. The summed E-state index contributed by atoms with van der Waals surface area (Å²) in [6.07, 6.45) is 3.57. The van der Waals surface area contributed by atoms with E-state index in [2.05, 4.69) is 81.1 Å². The predicted octanol–water partition coefficient (Wildman–Crippen LogP) is 4.96. The molecule has 0 saturated heterocycles. The van der Waals surface area contributed by atoms with Gasteiger partial charge in [0.05, 0.1) is 8.07 Å². The largest absolute Gasteiger partial charge is 0.382 e. The van der Waals surface area contributed by atoms with Crippen molar-refractivity contribution in [1.29, 1.82) is 0 Å². The van der Waals surface area contributed by atoms with E-state index in [0.29, 0.717) is 16.3 Å². The van der Waals surface area contributed by atoms with E-state index in [9.17, 15) is 0 Å². The predicted molar refractivity (Wildman–Crippen MR) is 91.8 cm³/mol. The van der Waals surface area contributed by atoms with Crippen LogP contribution in [0.4, 0.5) is 5.69 Å². The first-order valence-corrected chi connectivity index (χ1v) is 12.0. The van der Waals surface area contributed by atoms with Gasteiger partial charge in [-0.3, -0.25) is 0 Å². The van der Waals surface area contributed by atoms with Crippen LogP contribution in [0.25, 0.3) is 0 Å². The molecule has 19 heavy (non-hydrogen) atoms. The summed E-state index contributed by atoms with van der Waals surface area (Å²) in [5.74, 6) is 0.677. The van der Waals surface area contributed by atoms with Crippen molar-refractivity contribution < 1.29 is 0 Å². The van der Waals surface area contributed by atoms with Gasteiger partial charge < -0.3 is 5.32 Å². The minimum absolute atomic E-state index is 0.337. The second-order valence-electron chi connectivity index (χ2n) is 7.03. The van der Waals surface area contributed by atoms with Crippen LogP contribution in [-0.2, 0) is 4.37 Å². The van der Waals surface area contributed by atoms with Crippen LogP contribution in [0, 0.1) is 5.92 Å². The normalized spacial score (nSPS) is 27.0. The highest BCUT2D eigenvalue weighted by Crippen LogP contribution is 2.52. The van der Waals surface area contributed by atoms with Crippen molar-refractivity contribution in [1.82, 2.24) is 0 Å². The summed E-state index contributed by atoms with van der Waals surface area (Å²) in [7, 11) is -1.32. The Morgan fingerprint density at radius 3 is 2.42 bits per heavy atom. The number of fused-ring (bicyclic) bond motifs is 1. The molecule has 1 aromatic rings. The quantitative estimate of drug-likeness (QED) is 0.790. The summed E-state index contributed by atoms with van der Waals surface area (Å²) in [6, 6.07) is 9.54. The lowest BCUT2D eigenvalue weighted by Gasteiger charge is -2.50. The molecule has 106 valence electrons. The number of hydrogen-bond acceptors (Lipinski definition) is 2. The van der Waals surface area contributed by atoms with Gasteiger partial charge in [0.15, 0.2) is 0 Å². The van der Waals surface area contributed by atoms with Gasteiger partial charge in [-0.2, -0.15) is 11.8 Å². The maximum atomic E-state index is 3.77. The lowest BCUT2D eigenvalue weighted by atomic mass is 9.90. The van der Waals surface area contributed by atoms with Crippen molar-refractivity contribution in [2.24, 2.45) is 5.92 Å². The molecule has 0 bridgehead atoms. The number of hydrogen-bond donors (Lipinski definition) is 1. The van der Waals surface area contributed by atoms with Crippen LogP contribution < -0.4 is 5.32 Å². The van der Waals surface area contributed by atoms with Crippen LogP contribution in [0.5, 0.6) is 0 Å². The molecule has 1 aromatic carbocycles. The molecule has 3 heteroatoms. The maximum Gasteiger partial charge on any atom is 0.0684 e. The van der Waals surface area contributed by atoms with E-state index in [-0.39, 0.29) is 0 Å². The Kier molecular flexibility index (Phi) is 4.08. The molecule has 0 aromatic heterocycles. The molecule has 2 atom stereocenters. The summed E-state index contributed by atoms with van der Waals surface area (Å²) in [5.41, 5.74) is 2.91. The summed E-state index contributed by atoms with van der Waals surface area (Å²) in [4.78, 5) is 0. The van der Waals surface area contributed by atoms with Gasteiger partial charge in [-0.25, -0.2) is 0 Å². The lowest BCUT2D eigenvalue weighted by molar-refractivity contribution is 0.458. The van der Waals surface area contributed by atoms with E-state index >= 15 is 0 Å². The Balaban J connectivity index is 2.58. The fraction of sp³-hybridized carbons (Fsp3) is 0.625. The molecule has 0 aliphatic carbocycles. The summed E-state index contributed by atoms with van der Waals surface area (Å²) in [6.45, 7) is 12.2. The molecule has 1 nitrogen and oxygen atoms in total. The summed E-state index contributed by atoms with van der Waals surface area (Å²) < 4.78 is 0.337. The molecule has 1 heterocycles. The zero-order valence-electron chi connectivity index (χ0n) is 13.1. The van der Waals surface area contributed by atoms with Gasteiger partial charge >= 0.3 is 0 Å². The van der Waals surface area contributed by atoms with Crippen LogP contribution >= 0.6 is 11.8 Å². The highest BCUT2D eigenvalue weighted by Gasteiger charge is 2.49. The van der Waals surface area contributed by atoms with E-state index in [1.165, 1.54) is 12.1 Å². The molecule has 0 spiro atoms. The van der Waals surface area contributed by atoms with Crippen LogP contribution in [0.3, 0.4) is 0 Å². The van der Waals surface area contributed by atoms with Gasteiger partial charge in [0.25, 0.3) is 0 Å². The third-order valence-electron chi connectivity index (χ3n) is 4.58. The van der Waals surface area contributed by atoms with Crippen molar-refractivity contribution in [2.45, 2.75) is 50.3 Å². The minimum atomic E-state index is -1.32. The van der Waals surface area contributed by atoms with E-state index in [4.69, 9.17) is 0 Å². The molecule has 0 fully saturated rings. The van der Waals surface area contributed by atoms with E-state index in [0.717, 1.165) is 0 Å². The van der Waals surface area contributed by atoms with Crippen molar-refractivity contribution in [3.63, 3.8) is 0 Å². The molecular formula is C16H27NSSi. The molecule has 1 aliphatic heterocycles. The zero-order chi connectivity index (χ0) is 14.3. The first-order valence-electron chi connectivity index (χ1n) is 7.23. The number of rotatable bonds is 3. The smallest absolute Gasteiger partial charge is 0.0684 e. The van der Waals surface area contributed by atoms with Crippen molar-refractivity contribution in [2.75, 3.05) is 11.6 Å². The Labute approximate surface area is 123 Å². The van der Waals surface area contributed by atoms with E-state index < -0.39 is 8.07 Å². The Bertz CT molecular complexity index is 452. The van der Waals surface area contributed by atoms with Crippen molar-refractivity contribution >= 4 is 25.5 Å². The highest BCUT2D eigenvalue weighted by atomic mass is 32.2. The van der Waals surface area contributed by atoms with Crippen LogP contribution in [0.1, 0.15) is 25.8 Å². The van der Waals surface area contributed by atoms with Crippen molar-refractivity contribution in [3.05, 3.63) is 29.8 Å². The number of para-hydroxylation sites is 1. The molecule has 0 unspecified atom stereocenters. The maximum absolute atomic E-state index is 3.77. The minimum Gasteiger partial charge on any atom is -0.382 e. The second-order valence-corrected chi connectivity index (χ2v) is 13.8. The van der Waals surface area contributed by atoms with E-state index in [1.807, 2.05) is 0 Å². The molecule has 1 N–H and O–H groups in total. The van der Waals surface area contributed by atoms with Gasteiger partial charge in [-0.15, -0.1) is 0 Å². The lowest BCUT2D eigenvalue weighted by Crippen LogP contribution is -2.53. The fourth-order valence-electron chi connectivity index (χ4n) is 3.24. The van der Waals surface area contributed by atoms with Crippen LogP contribution in [0.2, 0.25) is 19.6 Å². The number of thioether (sulfide) groups is 1. The molecule has 2 rings (SSSR count). The highest BCUT2D eigenvalue weighted by molar-refractivity contribution is 8.01. The second kappa shape index (κ2) is 5.17. The van der Waals surface area contributed by atoms with Gasteiger partial charge in [0, 0.05) is 16.1 Å². The molecule has 0 saturated carbocycles. The van der Waals surface area contributed by atoms with Gasteiger partial charge in [0.1, 0.15) is 0 Å². The first kappa shape index (κ1) is 15.0. The SMILES string of the molecule is CS[C@@]1([Si](C)(C)C)C[C@@H](C(C)C)Nc2ccccc21. The average Bonchev–Trinajstić information content (AvgIpc) is 2.35. The fourth-order valence-corrected chi connectivity index (χ4v) is 8.30. The topological polar surface area (TPSA) is 12.0 Å². The van der Waals surface area contributed by atoms with Crippen LogP contribution in [-0.4, -0.2) is 20.4 Å². The van der Waals surface area contributed by atoms with Crippen LogP contribution in [0.15, 0.2) is 24.3 Å². The first-order chi connectivity index (χ1) is 8.82. The number of anilines is 1. The summed E-state index contributed by atoms with van der Waals surface area (Å²) in [5, 5.41) is 3.77. The third kappa shape index (κ3) is 2.47. The average molecular weight is 294 g/mol. The Morgan fingerprint density at radius 1 is 1.26 bits per heavy atom.